The van der Waals surface area contributed by atoms with E-state index in [9.17, 15) is 18.0 Å². The van der Waals surface area contributed by atoms with Gasteiger partial charge in [0.25, 0.3) is 0 Å². The van der Waals surface area contributed by atoms with Crippen molar-refractivity contribution in [2.75, 3.05) is 24.2 Å². The SMILES string of the molecule is Cc1ccc(N2C(=O)CN(S(C)(=O)=O)CC2(C)C(=O)NCc2ccc(Cl)cc2)cc1C. The molecule has 1 aliphatic heterocycles. The maximum atomic E-state index is 13.4. The Hall–Kier alpha value is -2.42. The molecule has 1 atom stereocenters. The van der Waals surface area contributed by atoms with E-state index >= 15 is 0 Å². The molecule has 0 spiro atoms. The highest BCUT2D eigenvalue weighted by molar-refractivity contribution is 7.88. The highest BCUT2D eigenvalue weighted by atomic mass is 35.5. The molecule has 1 N–H and O–H groups in total. The minimum atomic E-state index is -3.66. The number of benzene rings is 2. The number of carbonyl (C=O) groups excluding carboxylic acids is 2. The van der Waals surface area contributed by atoms with Gasteiger partial charge in [0.1, 0.15) is 5.54 Å². The van der Waals surface area contributed by atoms with Crippen LogP contribution >= 0.6 is 11.6 Å². The molecule has 1 heterocycles. The third-order valence-electron chi connectivity index (χ3n) is 5.61. The van der Waals surface area contributed by atoms with Gasteiger partial charge in [0, 0.05) is 23.8 Å². The van der Waals surface area contributed by atoms with E-state index in [2.05, 4.69) is 5.32 Å². The molecule has 31 heavy (non-hydrogen) atoms. The lowest BCUT2D eigenvalue weighted by molar-refractivity contribution is -0.133. The molecule has 1 aliphatic rings. The van der Waals surface area contributed by atoms with Crippen LogP contribution in [0.15, 0.2) is 42.5 Å². The molecule has 2 aromatic carbocycles. The summed E-state index contributed by atoms with van der Waals surface area (Å²) >= 11 is 5.91. The van der Waals surface area contributed by atoms with Gasteiger partial charge in [-0.25, -0.2) is 8.42 Å². The lowest BCUT2D eigenvalue weighted by atomic mass is 9.93. The number of nitrogens with one attached hydrogen (secondary N) is 1. The molecule has 9 heteroatoms. The summed E-state index contributed by atoms with van der Waals surface area (Å²) in [6, 6.07) is 12.5. The van der Waals surface area contributed by atoms with Crippen LogP contribution in [0.3, 0.4) is 0 Å². The van der Waals surface area contributed by atoms with Crippen LogP contribution in [0, 0.1) is 13.8 Å². The number of rotatable bonds is 5. The molecule has 2 amide bonds. The molecule has 166 valence electrons. The second-order valence-corrected chi connectivity index (χ2v) is 10.5. The Morgan fingerprint density at radius 1 is 1.13 bits per heavy atom. The molecular weight excluding hydrogens is 438 g/mol. The van der Waals surface area contributed by atoms with E-state index in [-0.39, 0.29) is 19.6 Å². The van der Waals surface area contributed by atoms with Crippen molar-refractivity contribution in [3.05, 3.63) is 64.2 Å². The molecule has 0 aromatic heterocycles. The molecule has 1 fully saturated rings. The van der Waals surface area contributed by atoms with Crippen molar-refractivity contribution in [3.63, 3.8) is 0 Å². The molecule has 1 saturated heterocycles. The maximum absolute atomic E-state index is 13.4. The Morgan fingerprint density at radius 3 is 2.35 bits per heavy atom. The quantitative estimate of drug-likeness (QED) is 0.738. The van der Waals surface area contributed by atoms with E-state index in [0.717, 1.165) is 27.3 Å². The largest absolute Gasteiger partial charge is 0.350 e. The second-order valence-electron chi connectivity index (χ2n) is 8.11. The van der Waals surface area contributed by atoms with Crippen molar-refractivity contribution >= 4 is 39.1 Å². The lowest BCUT2D eigenvalue weighted by Gasteiger charge is -2.46. The van der Waals surface area contributed by atoms with Gasteiger partial charge >= 0.3 is 0 Å². The van der Waals surface area contributed by atoms with Crippen LogP contribution in [0.4, 0.5) is 5.69 Å². The summed E-state index contributed by atoms with van der Waals surface area (Å²) in [5, 5.41) is 3.44. The molecule has 2 aromatic rings. The van der Waals surface area contributed by atoms with Crippen molar-refractivity contribution < 1.29 is 18.0 Å². The molecule has 1 unspecified atom stereocenters. The van der Waals surface area contributed by atoms with Gasteiger partial charge in [0.15, 0.2) is 0 Å². The molecule has 0 radical (unpaired) electrons. The van der Waals surface area contributed by atoms with Crippen molar-refractivity contribution in [3.8, 4) is 0 Å². The highest BCUT2D eigenvalue weighted by Gasteiger charge is 2.50. The fraction of sp³-hybridized carbons (Fsp3) is 0.364. The van der Waals surface area contributed by atoms with Gasteiger partial charge < -0.3 is 5.32 Å². The van der Waals surface area contributed by atoms with Crippen molar-refractivity contribution in [1.82, 2.24) is 9.62 Å². The zero-order chi connectivity index (χ0) is 23.0. The number of hydrogen-bond donors (Lipinski definition) is 1. The van der Waals surface area contributed by atoms with E-state index in [4.69, 9.17) is 11.6 Å². The minimum Gasteiger partial charge on any atom is -0.350 e. The van der Waals surface area contributed by atoms with Gasteiger partial charge in [-0.15, -0.1) is 0 Å². The Bertz CT molecular complexity index is 1120. The van der Waals surface area contributed by atoms with Crippen LogP contribution in [0.2, 0.25) is 5.02 Å². The number of anilines is 1. The first kappa shape index (κ1) is 23.2. The van der Waals surface area contributed by atoms with Crippen LogP contribution in [-0.2, 0) is 26.2 Å². The van der Waals surface area contributed by atoms with Crippen molar-refractivity contribution in [1.29, 1.82) is 0 Å². The third-order valence-corrected chi connectivity index (χ3v) is 7.06. The summed E-state index contributed by atoms with van der Waals surface area (Å²) in [7, 11) is -3.66. The summed E-state index contributed by atoms with van der Waals surface area (Å²) < 4.78 is 25.5. The minimum absolute atomic E-state index is 0.142. The molecule has 0 bridgehead atoms. The number of hydrogen-bond acceptors (Lipinski definition) is 4. The Balaban J connectivity index is 1.97. The highest BCUT2D eigenvalue weighted by Crippen LogP contribution is 2.31. The number of carbonyl (C=O) groups is 2. The summed E-state index contributed by atoms with van der Waals surface area (Å²) in [5.74, 6) is -0.897. The fourth-order valence-corrected chi connectivity index (χ4v) is 4.60. The number of piperazine rings is 1. The predicted molar refractivity (Wildman–Crippen MR) is 122 cm³/mol. The van der Waals surface area contributed by atoms with Gasteiger partial charge in [-0.3, -0.25) is 14.5 Å². The van der Waals surface area contributed by atoms with Gasteiger partial charge in [0.2, 0.25) is 21.8 Å². The summed E-state index contributed by atoms with van der Waals surface area (Å²) in [6.45, 7) is 5.24. The molecule has 0 aliphatic carbocycles. The van der Waals surface area contributed by atoms with Crippen LogP contribution in [-0.4, -0.2) is 49.4 Å². The predicted octanol–water partition coefficient (Wildman–Crippen LogP) is 2.64. The van der Waals surface area contributed by atoms with Crippen LogP contribution in [0.5, 0.6) is 0 Å². The fourth-order valence-electron chi connectivity index (χ4n) is 3.64. The van der Waals surface area contributed by atoms with Gasteiger partial charge in [-0.1, -0.05) is 29.8 Å². The lowest BCUT2D eigenvalue weighted by Crippen LogP contribution is -2.70. The zero-order valence-corrected chi connectivity index (χ0v) is 19.5. The number of sulfonamides is 1. The average molecular weight is 464 g/mol. The number of nitrogens with zero attached hydrogens (tertiary/aromatic N) is 2. The molecular formula is C22H26ClN3O4S. The Kier molecular flexibility index (Phi) is 6.45. The summed E-state index contributed by atoms with van der Waals surface area (Å²) in [4.78, 5) is 27.9. The monoisotopic (exact) mass is 463 g/mol. The normalized spacial score (nSPS) is 20.0. The van der Waals surface area contributed by atoms with E-state index < -0.39 is 27.4 Å². The van der Waals surface area contributed by atoms with E-state index in [1.54, 1.807) is 37.3 Å². The molecule has 7 nitrogen and oxygen atoms in total. The van der Waals surface area contributed by atoms with Gasteiger partial charge in [0.05, 0.1) is 12.8 Å². The average Bonchev–Trinajstić information content (AvgIpc) is 2.68. The second kappa shape index (κ2) is 8.61. The zero-order valence-electron chi connectivity index (χ0n) is 18.0. The first-order valence-electron chi connectivity index (χ1n) is 9.80. The topological polar surface area (TPSA) is 86.8 Å². The number of halogens is 1. The summed E-state index contributed by atoms with van der Waals surface area (Å²) in [5.41, 5.74) is 2.00. The summed E-state index contributed by atoms with van der Waals surface area (Å²) in [6.07, 6.45) is 1.04. The van der Waals surface area contributed by atoms with E-state index in [0.29, 0.717) is 10.7 Å². The Morgan fingerprint density at radius 2 is 1.77 bits per heavy atom. The molecule has 3 rings (SSSR count). The van der Waals surface area contributed by atoms with Crippen LogP contribution in [0.25, 0.3) is 0 Å². The van der Waals surface area contributed by atoms with Crippen molar-refractivity contribution in [2.24, 2.45) is 0 Å². The van der Waals surface area contributed by atoms with Gasteiger partial charge in [-0.2, -0.15) is 4.31 Å². The standard InChI is InChI=1S/C22H26ClN3O4S/c1-15-5-10-19(11-16(15)2)26-20(27)13-25(31(4,29)30)14-22(26,3)21(28)24-12-17-6-8-18(23)9-7-17/h5-11H,12-14H2,1-4H3,(H,24,28). The number of aryl methyl sites for hydroxylation is 2. The third kappa shape index (κ3) is 4.92. The van der Waals surface area contributed by atoms with Gasteiger partial charge in [-0.05, 0) is 61.7 Å². The first-order valence-corrected chi connectivity index (χ1v) is 12.0. The van der Waals surface area contributed by atoms with E-state index in [1.165, 1.54) is 4.90 Å². The van der Waals surface area contributed by atoms with Crippen molar-refractivity contribution in [2.45, 2.75) is 32.9 Å². The first-order chi connectivity index (χ1) is 14.4. The number of amides is 2. The maximum Gasteiger partial charge on any atom is 0.247 e. The van der Waals surface area contributed by atoms with E-state index in [1.807, 2.05) is 26.0 Å². The van der Waals surface area contributed by atoms with Crippen LogP contribution in [0.1, 0.15) is 23.6 Å². The molecule has 0 saturated carbocycles. The Labute approximate surface area is 188 Å². The van der Waals surface area contributed by atoms with Crippen LogP contribution < -0.4 is 10.2 Å². The smallest absolute Gasteiger partial charge is 0.247 e.